The Morgan fingerprint density at radius 1 is 1.17 bits per heavy atom. The monoisotopic (exact) mass is 353 g/mol. The summed E-state index contributed by atoms with van der Waals surface area (Å²) in [5.74, 6) is 0.581. The zero-order valence-electron chi connectivity index (χ0n) is 14.0. The summed E-state index contributed by atoms with van der Waals surface area (Å²) in [6.07, 6.45) is 2.00. The molecule has 0 spiro atoms. The van der Waals surface area contributed by atoms with Gasteiger partial charge in [0.15, 0.2) is 0 Å². The highest BCUT2D eigenvalue weighted by atomic mass is 32.2. The van der Waals surface area contributed by atoms with Crippen molar-refractivity contribution in [3.05, 3.63) is 28.3 Å². The minimum atomic E-state index is -3.70. The fourth-order valence-corrected chi connectivity index (χ4v) is 5.29. The molecule has 2 aliphatic heterocycles. The molecule has 2 aliphatic rings. The molecule has 0 aromatic heterocycles. The number of nitrogens with zero attached hydrogens (tertiary/aromatic N) is 3. The van der Waals surface area contributed by atoms with E-state index in [-0.39, 0.29) is 10.6 Å². The first-order valence-corrected chi connectivity index (χ1v) is 9.76. The van der Waals surface area contributed by atoms with Gasteiger partial charge < -0.3 is 4.90 Å². The van der Waals surface area contributed by atoms with Gasteiger partial charge in [0.25, 0.3) is 5.69 Å². The van der Waals surface area contributed by atoms with Gasteiger partial charge in [-0.1, -0.05) is 13.8 Å². The number of anilines is 1. The Bertz CT molecular complexity index is 736. The molecule has 24 heavy (non-hydrogen) atoms. The van der Waals surface area contributed by atoms with E-state index in [1.54, 1.807) is 6.07 Å². The smallest absolute Gasteiger partial charge is 0.293 e. The molecule has 0 aliphatic carbocycles. The highest BCUT2D eigenvalue weighted by Crippen LogP contribution is 2.35. The molecule has 0 amide bonds. The van der Waals surface area contributed by atoms with Gasteiger partial charge in [-0.3, -0.25) is 10.1 Å². The van der Waals surface area contributed by atoms with E-state index < -0.39 is 14.9 Å². The largest absolute Gasteiger partial charge is 0.366 e. The number of piperidine rings is 1. The maximum Gasteiger partial charge on any atom is 0.293 e. The summed E-state index contributed by atoms with van der Waals surface area (Å²) >= 11 is 0. The Labute approximate surface area is 142 Å². The number of nitro groups is 1. The first kappa shape index (κ1) is 17.2. The standard InChI is InChI=1S/C16H23N3O4S/c1-12-8-13(2)11-18(10-12)24(22,23)14-4-5-15(17-6-3-7-17)16(9-14)19(20)21/h4-5,9,12-13H,3,6-8,10-11H2,1-2H3. The van der Waals surface area contributed by atoms with Crippen molar-refractivity contribution in [3.8, 4) is 0 Å². The molecule has 0 saturated carbocycles. The Hall–Kier alpha value is -1.67. The van der Waals surface area contributed by atoms with E-state index in [9.17, 15) is 18.5 Å². The van der Waals surface area contributed by atoms with Crippen LogP contribution in [0.5, 0.6) is 0 Å². The molecule has 7 nitrogen and oxygen atoms in total. The summed E-state index contributed by atoms with van der Waals surface area (Å²) in [5.41, 5.74) is 0.375. The van der Waals surface area contributed by atoms with Crippen LogP contribution in [-0.4, -0.2) is 43.8 Å². The minimum absolute atomic E-state index is 0.0137. The summed E-state index contributed by atoms with van der Waals surface area (Å²) in [6, 6.07) is 4.29. The fraction of sp³-hybridized carbons (Fsp3) is 0.625. The van der Waals surface area contributed by atoms with Crippen LogP contribution in [0.15, 0.2) is 23.1 Å². The molecule has 3 rings (SSSR count). The first-order valence-electron chi connectivity index (χ1n) is 8.32. The number of hydrogen-bond donors (Lipinski definition) is 0. The third-order valence-corrected chi connectivity index (χ3v) is 6.64. The van der Waals surface area contributed by atoms with Crippen LogP contribution in [0.2, 0.25) is 0 Å². The maximum atomic E-state index is 12.9. The highest BCUT2D eigenvalue weighted by molar-refractivity contribution is 7.89. The molecule has 2 heterocycles. The van der Waals surface area contributed by atoms with Gasteiger partial charge in [-0.25, -0.2) is 8.42 Å². The van der Waals surface area contributed by atoms with Gasteiger partial charge in [-0.15, -0.1) is 0 Å². The molecule has 1 aromatic rings. The van der Waals surface area contributed by atoms with E-state index in [0.29, 0.717) is 30.6 Å². The lowest BCUT2D eigenvalue weighted by Crippen LogP contribution is -2.42. The van der Waals surface area contributed by atoms with Crippen molar-refractivity contribution in [3.63, 3.8) is 0 Å². The molecule has 0 N–H and O–H groups in total. The van der Waals surface area contributed by atoms with Crippen LogP contribution < -0.4 is 4.90 Å². The topological polar surface area (TPSA) is 83.8 Å². The van der Waals surface area contributed by atoms with Crippen LogP contribution >= 0.6 is 0 Å². The zero-order chi connectivity index (χ0) is 17.5. The molecule has 2 fully saturated rings. The average Bonchev–Trinajstić information content (AvgIpc) is 2.44. The minimum Gasteiger partial charge on any atom is -0.366 e. The zero-order valence-corrected chi connectivity index (χ0v) is 14.8. The van der Waals surface area contributed by atoms with E-state index in [1.807, 2.05) is 18.7 Å². The molecule has 0 bridgehead atoms. The van der Waals surface area contributed by atoms with Crippen molar-refractivity contribution in [1.82, 2.24) is 4.31 Å². The Morgan fingerprint density at radius 2 is 1.79 bits per heavy atom. The van der Waals surface area contributed by atoms with Crippen LogP contribution in [-0.2, 0) is 10.0 Å². The second kappa shape index (κ2) is 6.33. The lowest BCUT2D eigenvalue weighted by molar-refractivity contribution is -0.384. The molecule has 2 saturated heterocycles. The summed E-state index contributed by atoms with van der Waals surface area (Å²) in [4.78, 5) is 12.8. The highest BCUT2D eigenvalue weighted by Gasteiger charge is 2.33. The van der Waals surface area contributed by atoms with Crippen molar-refractivity contribution in [2.24, 2.45) is 11.8 Å². The van der Waals surface area contributed by atoms with E-state index >= 15 is 0 Å². The average molecular weight is 353 g/mol. The predicted molar refractivity (Wildman–Crippen MR) is 91.6 cm³/mol. The molecule has 2 unspecified atom stereocenters. The molecule has 0 radical (unpaired) electrons. The molecule has 132 valence electrons. The third-order valence-electron chi connectivity index (χ3n) is 4.81. The van der Waals surface area contributed by atoms with Gasteiger partial charge in [0.05, 0.1) is 9.82 Å². The Morgan fingerprint density at radius 3 is 2.29 bits per heavy atom. The SMILES string of the molecule is CC1CC(C)CN(S(=O)(=O)c2ccc(N3CCC3)c([N+](=O)[O-])c2)C1. The number of hydrogen-bond acceptors (Lipinski definition) is 5. The second-order valence-electron chi connectivity index (χ2n) is 7.02. The van der Waals surface area contributed by atoms with Crippen molar-refractivity contribution in [2.45, 2.75) is 31.6 Å². The molecular formula is C16H23N3O4S. The van der Waals surface area contributed by atoms with Gasteiger partial charge in [0.2, 0.25) is 10.0 Å². The molecule has 1 aromatic carbocycles. The number of rotatable bonds is 4. The van der Waals surface area contributed by atoms with Crippen LogP contribution in [0.4, 0.5) is 11.4 Å². The lowest BCUT2D eigenvalue weighted by atomic mass is 9.94. The van der Waals surface area contributed by atoms with Crippen molar-refractivity contribution in [1.29, 1.82) is 0 Å². The Balaban J connectivity index is 1.95. The second-order valence-corrected chi connectivity index (χ2v) is 8.95. The van der Waals surface area contributed by atoms with E-state index in [1.165, 1.54) is 16.4 Å². The lowest BCUT2D eigenvalue weighted by Gasteiger charge is -2.34. The predicted octanol–water partition coefficient (Wildman–Crippen LogP) is 2.47. The van der Waals surface area contributed by atoms with Gasteiger partial charge in [-0.05, 0) is 36.8 Å². The van der Waals surface area contributed by atoms with E-state index in [4.69, 9.17) is 0 Å². The van der Waals surface area contributed by atoms with Gasteiger partial charge in [0.1, 0.15) is 5.69 Å². The van der Waals surface area contributed by atoms with Gasteiger partial charge in [-0.2, -0.15) is 4.31 Å². The van der Waals surface area contributed by atoms with Gasteiger partial charge >= 0.3 is 0 Å². The van der Waals surface area contributed by atoms with Crippen LogP contribution in [0.1, 0.15) is 26.7 Å². The van der Waals surface area contributed by atoms with Gasteiger partial charge in [0, 0.05) is 32.2 Å². The maximum absolute atomic E-state index is 12.9. The first-order chi connectivity index (χ1) is 11.3. The molecular weight excluding hydrogens is 330 g/mol. The van der Waals surface area contributed by atoms with Crippen LogP contribution in [0, 0.1) is 22.0 Å². The molecule has 8 heteroatoms. The van der Waals surface area contributed by atoms with Crippen LogP contribution in [0.3, 0.4) is 0 Å². The van der Waals surface area contributed by atoms with E-state index in [2.05, 4.69) is 0 Å². The summed E-state index contributed by atoms with van der Waals surface area (Å²) in [5, 5.41) is 11.4. The quantitative estimate of drug-likeness (QED) is 0.613. The van der Waals surface area contributed by atoms with Crippen molar-refractivity contribution >= 4 is 21.4 Å². The number of sulfonamides is 1. The number of benzene rings is 1. The fourth-order valence-electron chi connectivity index (χ4n) is 3.59. The summed E-state index contributed by atoms with van der Waals surface area (Å²) < 4.78 is 27.3. The molecule has 2 atom stereocenters. The number of nitro benzene ring substituents is 1. The normalized spacial score (nSPS) is 25.3. The van der Waals surface area contributed by atoms with Crippen molar-refractivity contribution < 1.29 is 13.3 Å². The van der Waals surface area contributed by atoms with E-state index in [0.717, 1.165) is 25.9 Å². The summed E-state index contributed by atoms with van der Waals surface area (Å²) in [7, 11) is -3.70. The third kappa shape index (κ3) is 3.12. The Kier molecular flexibility index (Phi) is 4.52. The van der Waals surface area contributed by atoms with Crippen molar-refractivity contribution in [2.75, 3.05) is 31.1 Å². The van der Waals surface area contributed by atoms with Crippen LogP contribution in [0.25, 0.3) is 0 Å². The summed E-state index contributed by atoms with van der Waals surface area (Å²) in [6.45, 7) is 6.55.